The highest BCUT2D eigenvalue weighted by Gasteiger charge is 2.29. The number of fused-ring (bicyclic) bond motifs is 1. The van der Waals surface area contributed by atoms with Crippen LogP contribution in [0.2, 0.25) is 0 Å². The summed E-state index contributed by atoms with van der Waals surface area (Å²) in [5, 5.41) is 10.3. The average Bonchev–Trinajstić information content (AvgIpc) is 3.54. The van der Waals surface area contributed by atoms with Crippen molar-refractivity contribution in [1.82, 2.24) is 19.9 Å². The number of benzene rings is 3. The molecule has 14 nitrogen and oxygen atoms in total. The number of nitrogens with zero attached hydrogens (tertiary/aromatic N) is 4. The first-order valence-electron chi connectivity index (χ1n) is 16.4. The van der Waals surface area contributed by atoms with Crippen LogP contribution in [0.3, 0.4) is 0 Å². The number of nitrogens with one attached hydrogen (secondary N) is 2. The van der Waals surface area contributed by atoms with Crippen molar-refractivity contribution in [3.63, 3.8) is 0 Å². The quantitative estimate of drug-likeness (QED) is 0.112. The van der Waals surface area contributed by atoms with Gasteiger partial charge in [0, 0.05) is 29.8 Å². The van der Waals surface area contributed by atoms with Gasteiger partial charge < -0.3 is 24.8 Å². The lowest BCUT2D eigenvalue weighted by atomic mass is 10.00. The number of hydrogen-bond acceptors (Lipinski definition) is 11. The van der Waals surface area contributed by atoms with E-state index in [2.05, 4.69) is 20.7 Å². The fraction of sp³-hybridized carbons (Fsp3) is 0.270. The molecule has 0 aliphatic rings. The standard InChI is InChI=1S/C37H39FN6O8S/c1-22(2)33(39-4)35(46)51-21-52-37(47)44(30-17-16-29(53(6,48)49)19-31(30)50-5)36-41-32-18-11-26(20-43(32)42-36)25-9-14-28(15-10-25)40-34(45)23(3)24-7-12-27(38)13-8-24/h7-20,22-23,33,39H,21H2,1-6H3,(H,40,45). The molecule has 3 aromatic carbocycles. The maximum Gasteiger partial charge on any atom is 0.424 e. The number of pyridine rings is 1. The van der Waals surface area contributed by atoms with Crippen molar-refractivity contribution in [2.24, 2.45) is 5.92 Å². The van der Waals surface area contributed by atoms with Gasteiger partial charge in [0.05, 0.1) is 23.6 Å². The number of ether oxygens (including phenoxy) is 3. The van der Waals surface area contributed by atoms with Crippen molar-refractivity contribution in [3.05, 3.63) is 96.4 Å². The van der Waals surface area contributed by atoms with Gasteiger partial charge in [-0.05, 0) is 79.5 Å². The van der Waals surface area contributed by atoms with Gasteiger partial charge in [-0.25, -0.2) is 27.0 Å². The number of methoxy groups -OCH3 is 1. The number of rotatable bonds is 13. The zero-order chi connectivity index (χ0) is 38.4. The van der Waals surface area contributed by atoms with Gasteiger partial charge in [-0.3, -0.25) is 9.59 Å². The van der Waals surface area contributed by atoms with Gasteiger partial charge in [-0.1, -0.05) is 38.1 Å². The molecule has 16 heteroatoms. The first-order chi connectivity index (χ1) is 25.2. The summed E-state index contributed by atoms with van der Waals surface area (Å²) in [6.07, 6.45) is 1.70. The molecule has 0 radical (unpaired) electrons. The Kier molecular flexibility index (Phi) is 11.7. The summed E-state index contributed by atoms with van der Waals surface area (Å²) in [4.78, 5) is 44.5. The number of amides is 2. The van der Waals surface area contributed by atoms with E-state index in [1.165, 1.54) is 42.0 Å². The fourth-order valence-electron chi connectivity index (χ4n) is 5.41. The predicted octanol–water partition coefficient (Wildman–Crippen LogP) is 5.71. The van der Waals surface area contributed by atoms with E-state index in [-0.39, 0.29) is 39.9 Å². The van der Waals surface area contributed by atoms with Crippen LogP contribution < -0.4 is 20.3 Å². The summed E-state index contributed by atoms with van der Waals surface area (Å²) in [6.45, 7) is 4.68. The minimum Gasteiger partial charge on any atom is -0.495 e. The lowest BCUT2D eigenvalue weighted by Gasteiger charge is -2.22. The number of sulfone groups is 1. The molecule has 0 bridgehead atoms. The number of hydrogen-bond donors (Lipinski definition) is 2. The van der Waals surface area contributed by atoms with Gasteiger partial charge in [0.2, 0.25) is 12.7 Å². The number of halogens is 1. The average molecular weight is 747 g/mol. The minimum absolute atomic E-state index is 0.00992. The molecule has 0 aliphatic carbocycles. The van der Waals surface area contributed by atoms with Crippen LogP contribution in [0.5, 0.6) is 5.75 Å². The van der Waals surface area contributed by atoms with E-state index >= 15 is 0 Å². The molecule has 0 spiro atoms. The Balaban J connectivity index is 1.41. The van der Waals surface area contributed by atoms with Crippen LogP contribution in [0, 0.1) is 11.7 Å². The predicted molar refractivity (Wildman–Crippen MR) is 195 cm³/mol. The zero-order valence-corrected chi connectivity index (χ0v) is 30.7. The second kappa shape index (κ2) is 16.2. The molecule has 53 heavy (non-hydrogen) atoms. The molecule has 0 saturated carbocycles. The SMILES string of the molecule is CNC(C(=O)OCOC(=O)N(c1nc2ccc(-c3ccc(NC(=O)C(C)c4ccc(F)cc4)cc3)cn2n1)c1ccc(S(C)(=O)=O)cc1OC)C(C)C. The van der Waals surface area contributed by atoms with E-state index in [9.17, 15) is 27.2 Å². The van der Waals surface area contributed by atoms with Gasteiger partial charge in [0.1, 0.15) is 17.6 Å². The van der Waals surface area contributed by atoms with Crippen molar-refractivity contribution in [3.8, 4) is 16.9 Å². The van der Waals surface area contributed by atoms with Crippen LogP contribution in [0.25, 0.3) is 16.8 Å². The van der Waals surface area contributed by atoms with Gasteiger partial charge in [0.15, 0.2) is 15.5 Å². The molecule has 5 rings (SSSR count). The minimum atomic E-state index is -3.63. The molecule has 0 aliphatic heterocycles. The van der Waals surface area contributed by atoms with Gasteiger partial charge in [0.25, 0.3) is 5.95 Å². The maximum atomic E-state index is 13.6. The Bertz CT molecular complexity index is 2230. The van der Waals surface area contributed by atoms with Gasteiger partial charge >= 0.3 is 12.1 Å². The summed E-state index contributed by atoms with van der Waals surface area (Å²) < 4.78 is 55.3. The molecule has 0 fully saturated rings. The summed E-state index contributed by atoms with van der Waals surface area (Å²) in [5.41, 5.74) is 3.18. The van der Waals surface area contributed by atoms with Gasteiger partial charge in [-0.2, -0.15) is 4.98 Å². The van der Waals surface area contributed by atoms with Crippen LogP contribution in [-0.4, -0.2) is 74.2 Å². The third kappa shape index (κ3) is 8.96. The second-order valence-electron chi connectivity index (χ2n) is 12.4. The molecule has 2 unspecified atom stereocenters. The van der Waals surface area contributed by atoms with Crippen LogP contribution in [-0.2, 0) is 28.9 Å². The third-order valence-corrected chi connectivity index (χ3v) is 9.50. The molecule has 2 atom stereocenters. The third-order valence-electron chi connectivity index (χ3n) is 8.39. The number of aromatic nitrogens is 3. The highest BCUT2D eigenvalue weighted by molar-refractivity contribution is 7.90. The van der Waals surface area contributed by atoms with Crippen LogP contribution >= 0.6 is 0 Å². The van der Waals surface area contributed by atoms with E-state index in [0.717, 1.165) is 22.3 Å². The van der Waals surface area contributed by atoms with E-state index in [1.807, 2.05) is 26.0 Å². The van der Waals surface area contributed by atoms with Crippen molar-refractivity contribution < 1.29 is 41.4 Å². The Hall–Kier alpha value is -5.87. The highest BCUT2D eigenvalue weighted by atomic mass is 32.2. The Morgan fingerprint density at radius 1 is 0.925 bits per heavy atom. The van der Waals surface area contributed by atoms with Crippen LogP contribution in [0.15, 0.2) is 90.0 Å². The monoisotopic (exact) mass is 746 g/mol. The van der Waals surface area contributed by atoms with E-state index < -0.39 is 40.7 Å². The lowest BCUT2D eigenvalue weighted by molar-refractivity contribution is -0.155. The summed E-state index contributed by atoms with van der Waals surface area (Å²) in [6, 6.07) is 19.7. The van der Waals surface area contributed by atoms with Crippen molar-refractivity contribution in [2.45, 2.75) is 37.6 Å². The topological polar surface area (TPSA) is 171 Å². The molecule has 5 aromatic rings. The van der Waals surface area contributed by atoms with Crippen molar-refractivity contribution >= 4 is 50.8 Å². The smallest absolute Gasteiger partial charge is 0.424 e. The zero-order valence-electron chi connectivity index (χ0n) is 29.9. The number of carbonyl (C=O) groups is 3. The summed E-state index contributed by atoms with van der Waals surface area (Å²) in [7, 11) is -0.703. The normalized spacial score (nSPS) is 12.6. The fourth-order valence-corrected chi connectivity index (χ4v) is 6.05. The Labute approximate surface area is 305 Å². The highest BCUT2D eigenvalue weighted by Crippen LogP contribution is 2.35. The Morgan fingerprint density at radius 3 is 2.23 bits per heavy atom. The molecule has 2 aromatic heterocycles. The molecule has 2 amide bonds. The van der Waals surface area contributed by atoms with Crippen molar-refractivity contribution in [1.29, 1.82) is 0 Å². The van der Waals surface area contributed by atoms with E-state index in [0.29, 0.717) is 16.9 Å². The summed E-state index contributed by atoms with van der Waals surface area (Å²) in [5.74, 6) is -1.97. The van der Waals surface area contributed by atoms with Crippen LogP contribution in [0.1, 0.15) is 32.3 Å². The van der Waals surface area contributed by atoms with Crippen LogP contribution in [0.4, 0.5) is 26.5 Å². The largest absolute Gasteiger partial charge is 0.495 e. The number of esters is 1. The first-order valence-corrected chi connectivity index (χ1v) is 18.3. The lowest BCUT2D eigenvalue weighted by Crippen LogP contribution is -2.40. The molecule has 278 valence electrons. The number of carbonyl (C=O) groups excluding carboxylic acids is 3. The number of likely N-dealkylation sites (N-methyl/N-ethyl adjacent to an activating group) is 1. The molecular weight excluding hydrogens is 708 g/mol. The first kappa shape index (κ1) is 38.4. The summed E-state index contributed by atoms with van der Waals surface area (Å²) >= 11 is 0. The van der Waals surface area contributed by atoms with E-state index in [4.69, 9.17) is 14.2 Å². The molecule has 2 heterocycles. The Morgan fingerprint density at radius 2 is 1.60 bits per heavy atom. The van der Waals surface area contributed by atoms with E-state index in [1.54, 1.807) is 56.6 Å². The van der Waals surface area contributed by atoms with Crippen molar-refractivity contribution in [2.75, 3.05) is 37.4 Å². The molecule has 0 saturated heterocycles. The maximum absolute atomic E-state index is 13.6. The van der Waals surface area contributed by atoms with Gasteiger partial charge in [-0.15, -0.1) is 5.10 Å². The number of anilines is 3. The molecule has 2 N–H and O–H groups in total. The second-order valence-corrected chi connectivity index (χ2v) is 14.4. The molecular formula is C37H39FN6O8S.